The molecular formula is C39H92O2. The summed E-state index contributed by atoms with van der Waals surface area (Å²) in [5, 5.41) is 0. The molecule has 0 aromatic heterocycles. The Balaban J connectivity index is -0.0000000506. The van der Waals surface area contributed by atoms with Crippen LogP contribution in [0.2, 0.25) is 0 Å². The average Bonchev–Trinajstić information content (AvgIpc) is 2.94. The largest absolute Gasteiger partial charge is 0.466 e. The molecule has 0 fully saturated rings. The molecule has 0 N–H and O–H groups in total. The number of carbonyl (C=O) groups is 1. The van der Waals surface area contributed by atoms with E-state index in [0.29, 0.717) is 6.61 Å². The van der Waals surface area contributed by atoms with Crippen molar-refractivity contribution < 1.29 is 9.53 Å². The minimum Gasteiger partial charge on any atom is -0.466 e. The second kappa shape index (κ2) is 90.0. The first-order chi connectivity index (χ1) is 19.7. The second-order valence-corrected chi connectivity index (χ2v) is 10.4. The first kappa shape index (κ1) is 59.8. The van der Waals surface area contributed by atoms with E-state index in [1.165, 1.54) is 142 Å². The van der Waals surface area contributed by atoms with E-state index in [-0.39, 0.29) is 5.97 Å². The van der Waals surface area contributed by atoms with Crippen LogP contribution in [0.4, 0.5) is 0 Å². The van der Waals surface area contributed by atoms with Crippen LogP contribution in [-0.4, -0.2) is 12.6 Å². The lowest BCUT2D eigenvalue weighted by atomic mass is 10.3. The molecule has 0 aliphatic carbocycles. The lowest BCUT2D eigenvalue weighted by molar-refractivity contribution is -0.140. The van der Waals surface area contributed by atoms with Gasteiger partial charge in [0, 0.05) is 6.92 Å². The van der Waals surface area contributed by atoms with E-state index in [0.717, 1.165) is 0 Å². The maximum Gasteiger partial charge on any atom is 0.302 e. The number of hydrogen-bond acceptors (Lipinski definition) is 2. The molecule has 260 valence electrons. The van der Waals surface area contributed by atoms with Crippen LogP contribution in [0.3, 0.4) is 0 Å². The van der Waals surface area contributed by atoms with Crippen LogP contribution in [-0.2, 0) is 9.53 Å². The zero-order valence-electron chi connectivity index (χ0n) is 32.9. The molecular weight excluding hydrogens is 500 g/mol. The Labute approximate surface area is 267 Å². The first-order valence-electron chi connectivity index (χ1n) is 18.8. The van der Waals surface area contributed by atoms with Gasteiger partial charge in [0.15, 0.2) is 0 Å². The Kier molecular flexibility index (Phi) is 131. The third-order valence-corrected chi connectivity index (χ3v) is 5.30. The lowest BCUT2D eigenvalue weighted by Crippen LogP contribution is -1.95. The molecule has 0 unspecified atom stereocenters. The molecule has 0 amide bonds. The standard InChI is InChI=1S/7C5H12.C4H8O2/c7*1-3-5-4-2;1-3-6-4(2)5/h7*3-5H2,1-2H3;3H2,1-2H3. The Bertz CT molecular complexity index is 216. The summed E-state index contributed by atoms with van der Waals surface area (Å²) in [5.41, 5.74) is 0. The van der Waals surface area contributed by atoms with Gasteiger partial charge in [-0.25, -0.2) is 0 Å². The van der Waals surface area contributed by atoms with E-state index < -0.39 is 0 Å². The Hall–Kier alpha value is -0.530. The average molecular weight is 593 g/mol. The first-order valence-corrected chi connectivity index (χ1v) is 18.8. The fraction of sp³-hybridized carbons (Fsp3) is 0.974. The summed E-state index contributed by atoms with van der Waals surface area (Å²) in [6.45, 7) is 34.6. The number of ether oxygens (including phenoxy) is 1. The van der Waals surface area contributed by atoms with Crippen LogP contribution >= 0.6 is 0 Å². The van der Waals surface area contributed by atoms with Crippen LogP contribution in [0.5, 0.6) is 0 Å². The van der Waals surface area contributed by atoms with Gasteiger partial charge in [-0.1, -0.05) is 232 Å². The highest BCUT2D eigenvalue weighted by atomic mass is 16.5. The van der Waals surface area contributed by atoms with Crippen molar-refractivity contribution in [2.75, 3.05) is 6.61 Å². The van der Waals surface area contributed by atoms with Crippen molar-refractivity contribution in [1.82, 2.24) is 0 Å². The van der Waals surface area contributed by atoms with E-state index >= 15 is 0 Å². The number of hydrogen-bond donors (Lipinski definition) is 0. The lowest BCUT2D eigenvalue weighted by Gasteiger charge is -1.89. The monoisotopic (exact) mass is 593 g/mol. The maximum absolute atomic E-state index is 9.82. The van der Waals surface area contributed by atoms with Crippen molar-refractivity contribution in [3.8, 4) is 0 Å². The highest BCUT2D eigenvalue weighted by Crippen LogP contribution is 1.91. The Morgan fingerprint density at radius 2 is 0.439 bits per heavy atom. The minimum absolute atomic E-state index is 0.211. The topological polar surface area (TPSA) is 26.3 Å². The molecule has 0 radical (unpaired) electrons. The molecule has 2 nitrogen and oxygen atoms in total. The van der Waals surface area contributed by atoms with Crippen LogP contribution in [0.25, 0.3) is 0 Å². The van der Waals surface area contributed by atoms with Gasteiger partial charge in [0.05, 0.1) is 6.61 Å². The van der Waals surface area contributed by atoms with Gasteiger partial charge in [-0.15, -0.1) is 0 Å². The van der Waals surface area contributed by atoms with Gasteiger partial charge in [-0.3, -0.25) is 4.79 Å². The van der Waals surface area contributed by atoms with Crippen LogP contribution < -0.4 is 0 Å². The molecule has 0 bridgehead atoms. The molecule has 2 heteroatoms. The number of carbonyl (C=O) groups excluding carboxylic acids is 1. The molecule has 0 aliphatic rings. The predicted molar refractivity (Wildman–Crippen MR) is 199 cm³/mol. The maximum atomic E-state index is 9.82. The highest BCUT2D eigenvalue weighted by molar-refractivity contribution is 5.65. The van der Waals surface area contributed by atoms with Gasteiger partial charge in [0.1, 0.15) is 0 Å². The summed E-state index contributed by atoms with van der Waals surface area (Å²) >= 11 is 0. The molecule has 0 aliphatic heterocycles. The van der Waals surface area contributed by atoms with E-state index in [1.807, 2.05) is 0 Å². The highest BCUT2D eigenvalue weighted by Gasteiger charge is 1.81. The summed E-state index contributed by atoms with van der Waals surface area (Å²) in [5.74, 6) is -0.211. The van der Waals surface area contributed by atoms with Gasteiger partial charge in [0.2, 0.25) is 0 Å². The molecule has 41 heavy (non-hydrogen) atoms. The fourth-order valence-corrected chi connectivity index (χ4v) is 2.68. The summed E-state index contributed by atoms with van der Waals surface area (Å²) < 4.78 is 4.40. The molecule has 0 rings (SSSR count). The van der Waals surface area contributed by atoms with Crippen molar-refractivity contribution in [3.05, 3.63) is 0 Å². The van der Waals surface area contributed by atoms with Crippen molar-refractivity contribution in [3.63, 3.8) is 0 Å². The van der Waals surface area contributed by atoms with Gasteiger partial charge in [-0.05, 0) is 6.92 Å². The molecule has 0 spiro atoms. The van der Waals surface area contributed by atoms with Crippen molar-refractivity contribution in [2.24, 2.45) is 0 Å². The smallest absolute Gasteiger partial charge is 0.302 e. The quantitative estimate of drug-likeness (QED) is 0.177. The normalized spacial score (nSPS) is 8.29. The predicted octanol–water partition coefficient (Wildman–Crippen LogP) is 15.9. The van der Waals surface area contributed by atoms with Crippen molar-refractivity contribution >= 4 is 5.97 Å². The zero-order chi connectivity index (χ0) is 33.8. The summed E-state index contributed by atoms with van der Waals surface area (Å²) in [6.07, 6.45) is 28.5. The molecule has 0 heterocycles. The minimum atomic E-state index is -0.211. The number of esters is 1. The molecule has 0 aromatic carbocycles. The van der Waals surface area contributed by atoms with Crippen LogP contribution in [0.1, 0.15) is 246 Å². The molecule has 0 aromatic rings. The Morgan fingerprint density at radius 3 is 0.439 bits per heavy atom. The van der Waals surface area contributed by atoms with Crippen molar-refractivity contribution in [1.29, 1.82) is 0 Å². The van der Waals surface area contributed by atoms with E-state index in [9.17, 15) is 4.79 Å². The van der Waals surface area contributed by atoms with Gasteiger partial charge in [0.25, 0.3) is 0 Å². The molecule has 0 saturated heterocycles. The number of rotatable bonds is 15. The Morgan fingerprint density at radius 1 is 0.317 bits per heavy atom. The van der Waals surface area contributed by atoms with E-state index in [4.69, 9.17) is 0 Å². The summed E-state index contributed by atoms with van der Waals surface area (Å²) in [4.78, 5) is 9.82. The van der Waals surface area contributed by atoms with Gasteiger partial charge < -0.3 is 4.74 Å². The summed E-state index contributed by atoms with van der Waals surface area (Å²) in [7, 11) is 0. The van der Waals surface area contributed by atoms with E-state index in [2.05, 4.69) is 102 Å². The van der Waals surface area contributed by atoms with Gasteiger partial charge >= 0.3 is 5.97 Å². The molecule has 0 saturated carbocycles. The third kappa shape index (κ3) is 204. The molecule has 0 atom stereocenters. The van der Waals surface area contributed by atoms with Crippen LogP contribution in [0, 0.1) is 0 Å². The second-order valence-electron chi connectivity index (χ2n) is 10.4. The number of unbranched alkanes of at least 4 members (excludes halogenated alkanes) is 14. The SMILES string of the molecule is CCCCC.CCCCC.CCCCC.CCCCC.CCCCC.CCCCC.CCCCC.CCOC(C)=O. The van der Waals surface area contributed by atoms with Crippen LogP contribution in [0.15, 0.2) is 0 Å². The van der Waals surface area contributed by atoms with E-state index in [1.54, 1.807) is 6.92 Å². The summed E-state index contributed by atoms with van der Waals surface area (Å²) in [6, 6.07) is 0. The fourth-order valence-electron chi connectivity index (χ4n) is 2.68. The zero-order valence-corrected chi connectivity index (χ0v) is 32.9. The van der Waals surface area contributed by atoms with Crippen molar-refractivity contribution in [2.45, 2.75) is 246 Å². The third-order valence-electron chi connectivity index (χ3n) is 5.30. The van der Waals surface area contributed by atoms with Gasteiger partial charge in [-0.2, -0.15) is 0 Å².